The highest BCUT2D eigenvalue weighted by atomic mass is 16.2. The average molecular weight is 467 g/mol. The largest absolute Gasteiger partial charge is 0.349 e. The van der Waals surface area contributed by atoms with Gasteiger partial charge in [0, 0.05) is 43.2 Å². The van der Waals surface area contributed by atoms with Crippen LogP contribution in [0.15, 0.2) is 78.9 Å². The van der Waals surface area contributed by atoms with Gasteiger partial charge < -0.3 is 10.2 Å². The van der Waals surface area contributed by atoms with E-state index in [1.54, 1.807) is 0 Å². The number of rotatable bonds is 6. The van der Waals surface area contributed by atoms with Crippen molar-refractivity contribution in [1.82, 2.24) is 19.8 Å². The van der Waals surface area contributed by atoms with Crippen molar-refractivity contribution in [3.05, 3.63) is 95.8 Å². The van der Waals surface area contributed by atoms with Crippen LogP contribution in [0.1, 0.15) is 41.0 Å². The summed E-state index contributed by atoms with van der Waals surface area (Å²) in [6, 6.07) is 25.9. The molecule has 6 heteroatoms. The summed E-state index contributed by atoms with van der Waals surface area (Å²) in [5, 5.41) is 3.14. The number of carbonyl (C=O) groups is 2. The molecule has 1 aliphatic rings. The molecular formula is C29H30N4O2. The Morgan fingerprint density at radius 2 is 1.60 bits per heavy atom. The quantitative estimate of drug-likeness (QED) is 0.448. The second-order valence-electron chi connectivity index (χ2n) is 9.13. The Kier molecular flexibility index (Phi) is 6.62. The molecule has 0 aliphatic carbocycles. The van der Waals surface area contributed by atoms with Crippen LogP contribution in [0.3, 0.4) is 0 Å². The lowest BCUT2D eigenvalue weighted by molar-refractivity contribution is -0.132. The average Bonchev–Trinajstić information content (AvgIpc) is 3.27. The molecule has 1 fully saturated rings. The van der Waals surface area contributed by atoms with Gasteiger partial charge in [-0.3, -0.25) is 14.2 Å². The summed E-state index contributed by atoms with van der Waals surface area (Å²) < 4.78 is 2.15. The van der Waals surface area contributed by atoms with Gasteiger partial charge in [-0.25, -0.2) is 4.98 Å². The summed E-state index contributed by atoms with van der Waals surface area (Å²) in [5.41, 5.74) is 4.72. The first-order valence-electron chi connectivity index (χ1n) is 12.3. The maximum atomic E-state index is 13.0. The number of hydrogen-bond donors (Lipinski definition) is 1. The molecule has 2 heterocycles. The summed E-state index contributed by atoms with van der Waals surface area (Å²) >= 11 is 0. The number of nitrogens with one attached hydrogen (secondary N) is 1. The number of imidazole rings is 1. The van der Waals surface area contributed by atoms with E-state index in [2.05, 4.69) is 28.1 Å². The highest BCUT2D eigenvalue weighted by Gasteiger charge is 2.25. The number of likely N-dealkylation sites (tertiary alicyclic amines) is 1. The van der Waals surface area contributed by atoms with Crippen molar-refractivity contribution >= 4 is 22.8 Å². The summed E-state index contributed by atoms with van der Waals surface area (Å²) in [7, 11) is 0. The summed E-state index contributed by atoms with van der Waals surface area (Å²) in [5.74, 6) is 0.999. The summed E-state index contributed by atoms with van der Waals surface area (Å²) in [6.45, 7) is 3.27. The second kappa shape index (κ2) is 10.1. The number of amides is 2. The number of carbonyl (C=O) groups excluding carboxylic acids is 2. The highest BCUT2D eigenvalue weighted by Crippen LogP contribution is 2.23. The summed E-state index contributed by atoms with van der Waals surface area (Å²) in [4.78, 5) is 32.4. The van der Waals surface area contributed by atoms with Crippen LogP contribution < -0.4 is 5.32 Å². The van der Waals surface area contributed by atoms with Gasteiger partial charge >= 0.3 is 0 Å². The summed E-state index contributed by atoms with van der Waals surface area (Å²) in [6.07, 6.45) is 2.53. The predicted molar refractivity (Wildman–Crippen MR) is 138 cm³/mol. The minimum absolute atomic E-state index is 0.0345. The lowest BCUT2D eigenvalue weighted by Crippen LogP contribution is -2.46. The molecule has 0 saturated carbocycles. The maximum Gasteiger partial charge on any atom is 0.251 e. The van der Waals surface area contributed by atoms with Crippen molar-refractivity contribution in [2.45, 2.75) is 38.6 Å². The third-order valence-electron chi connectivity index (χ3n) is 6.78. The predicted octanol–water partition coefficient (Wildman–Crippen LogP) is 4.69. The molecule has 1 aliphatic heterocycles. The van der Waals surface area contributed by atoms with Crippen LogP contribution in [-0.4, -0.2) is 45.4 Å². The SMILES string of the molecule is Cc1ccccc1C(=O)NC1CCN(C(=O)CCc2nc3ccccc3n2-c2ccccc2)CC1. The van der Waals surface area contributed by atoms with Gasteiger partial charge in [-0.05, 0) is 55.7 Å². The van der Waals surface area contributed by atoms with Crippen molar-refractivity contribution in [3.63, 3.8) is 0 Å². The molecule has 0 spiro atoms. The molecular weight excluding hydrogens is 436 g/mol. The number of hydrogen-bond acceptors (Lipinski definition) is 3. The smallest absolute Gasteiger partial charge is 0.251 e. The molecule has 2 amide bonds. The Balaban J connectivity index is 1.20. The van der Waals surface area contributed by atoms with Gasteiger partial charge in [-0.15, -0.1) is 0 Å². The Hall–Kier alpha value is -3.93. The van der Waals surface area contributed by atoms with Crippen LogP contribution >= 0.6 is 0 Å². The number of para-hydroxylation sites is 3. The molecule has 5 rings (SSSR count). The standard InChI is InChI=1S/C29H30N4O2/c1-21-9-5-6-12-24(21)29(35)30-22-17-19-32(20-18-22)28(34)16-15-27-31-25-13-7-8-14-26(25)33(27)23-10-3-2-4-11-23/h2-14,22H,15-20H2,1H3,(H,30,35). The topological polar surface area (TPSA) is 67.2 Å². The number of piperidine rings is 1. The third kappa shape index (κ3) is 4.97. The molecule has 4 aromatic rings. The zero-order valence-corrected chi connectivity index (χ0v) is 20.0. The second-order valence-corrected chi connectivity index (χ2v) is 9.13. The Morgan fingerprint density at radius 3 is 2.37 bits per heavy atom. The monoisotopic (exact) mass is 466 g/mol. The molecule has 3 aromatic carbocycles. The zero-order chi connectivity index (χ0) is 24.2. The Morgan fingerprint density at radius 1 is 0.914 bits per heavy atom. The zero-order valence-electron chi connectivity index (χ0n) is 20.0. The number of nitrogens with zero attached hydrogens (tertiary/aromatic N) is 3. The number of fused-ring (bicyclic) bond motifs is 1. The van der Waals surface area contributed by atoms with Crippen molar-refractivity contribution in [2.24, 2.45) is 0 Å². The van der Waals surface area contributed by atoms with E-state index in [9.17, 15) is 9.59 Å². The van der Waals surface area contributed by atoms with Gasteiger partial charge in [0.2, 0.25) is 5.91 Å². The number of aromatic nitrogens is 2. The van der Waals surface area contributed by atoms with Crippen LogP contribution in [0.2, 0.25) is 0 Å². The van der Waals surface area contributed by atoms with Gasteiger partial charge in [0.15, 0.2) is 0 Å². The van der Waals surface area contributed by atoms with Crippen molar-refractivity contribution in [2.75, 3.05) is 13.1 Å². The first-order chi connectivity index (χ1) is 17.1. The highest BCUT2D eigenvalue weighted by molar-refractivity contribution is 5.95. The lowest BCUT2D eigenvalue weighted by Gasteiger charge is -2.32. The molecule has 0 bridgehead atoms. The van der Waals surface area contributed by atoms with Gasteiger partial charge in [0.05, 0.1) is 11.0 Å². The van der Waals surface area contributed by atoms with E-state index in [-0.39, 0.29) is 17.9 Å². The fourth-order valence-electron chi connectivity index (χ4n) is 4.85. The molecule has 0 unspecified atom stereocenters. The van der Waals surface area contributed by atoms with Crippen LogP contribution in [0.25, 0.3) is 16.7 Å². The Bertz CT molecular complexity index is 1340. The van der Waals surface area contributed by atoms with E-state index >= 15 is 0 Å². The van der Waals surface area contributed by atoms with Crippen LogP contribution in [-0.2, 0) is 11.2 Å². The Labute approximate surface area is 205 Å². The van der Waals surface area contributed by atoms with Gasteiger partial charge in [0.1, 0.15) is 5.82 Å². The van der Waals surface area contributed by atoms with Crippen LogP contribution in [0.5, 0.6) is 0 Å². The molecule has 178 valence electrons. The molecule has 0 atom stereocenters. The van der Waals surface area contributed by atoms with E-state index in [1.807, 2.05) is 72.5 Å². The van der Waals surface area contributed by atoms with Crippen LogP contribution in [0.4, 0.5) is 0 Å². The van der Waals surface area contributed by atoms with Crippen molar-refractivity contribution in [1.29, 1.82) is 0 Å². The normalized spacial score (nSPS) is 14.3. The van der Waals surface area contributed by atoms with E-state index in [0.717, 1.165) is 41.0 Å². The lowest BCUT2D eigenvalue weighted by atomic mass is 10.0. The first-order valence-corrected chi connectivity index (χ1v) is 12.3. The minimum Gasteiger partial charge on any atom is -0.349 e. The van der Waals surface area contributed by atoms with Gasteiger partial charge in [-0.2, -0.15) is 0 Å². The molecule has 0 radical (unpaired) electrons. The minimum atomic E-state index is -0.0345. The molecule has 35 heavy (non-hydrogen) atoms. The van der Waals surface area contributed by atoms with Gasteiger partial charge in [0.25, 0.3) is 5.91 Å². The number of aryl methyl sites for hydroxylation is 2. The molecule has 6 nitrogen and oxygen atoms in total. The molecule has 1 saturated heterocycles. The van der Waals surface area contributed by atoms with E-state index < -0.39 is 0 Å². The fraction of sp³-hybridized carbons (Fsp3) is 0.276. The van der Waals surface area contributed by atoms with Crippen molar-refractivity contribution < 1.29 is 9.59 Å². The third-order valence-corrected chi connectivity index (χ3v) is 6.78. The molecule has 1 aromatic heterocycles. The van der Waals surface area contributed by atoms with E-state index in [4.69, 9.17) is 4.98 Å². The molecule has 1 N–H and O–H groups in total. The van der Waals surface area contributed by atoms with E-state index in [1.165, 1.54) is 0 Å². The van der Waals surface area contributed by atoms with Crippen LogP contribution in [0, 0.1) is 6.92 Å². The fourth-order valence-corrected chi connectivity index (χ4v) is 4.85. The number of benzene rings is 3. The van der Waals surface area contributed by atoms with Crippen molar-refractivity contribution in [3.8, 4) is 5.69 Å². The maximum absolute atomic E-state index is 13.0. The first kappa shape index (κ1) is 22.8. The van der Waals surface area contributed by atoms with Gasteiger partial charge in [-0.1, -0.05) is 48.5 Å². The van der Waals surface area contributed by atoms with E-state index in [0.29, 0.717) is 31.5 Å².